The van der Waals surface area contributed by atoms with E-state index in [1.807, 2.05) is 0 Å². The molecular weight excluding hydrogens is 226 g/mol. The van der Waals surface area contributed by atoms with Gasteiger partial charge in [0.1, 0.15) is 5.75 Å². The zero-order valence-corrected chi connectivity index (χ0v) is 9.01. The summed E-state index contributed by atoms with van der Waals surface area (Å²) in [7, 11) is -1.62. The van der Waals surface area contributed by atoms with E-state index in [0.29, 0.717) is 17.4 Å². The average molecular weight is 235 g/mol. The summed E-state index contributed by atoms with van der Waals surface area (Å²) >= 11 is 11.5. The highest BCUT2D eigenvalue weighted by molar-refractivity contribution is 6.60. The zero-order chi connectivity index (χ0) is 10.7. The Bertz CT molecular complexity index is 331. The van der Waals surface area contributed by atoms with Crippen LogP contribution in [0, 0.1) is 0 Å². The molecule has 1 aromatic carbocycles. The van der Waals surface area contributed by atoms with Crippen LogP contribution in [0.25, 0.3) is 0 Å². The summed E-state index contributed by atoms with van der Waals surface area (Å²) in [5.74, 6) is 0.330. The van der Waals surface area contributed by atoms with E-state index in [9.17, 15) is 0 Å². The first-order valence-corrected chi connectivity index (χ1v) is 4.79. The Labute approximate surface area is 92.4 Å². The van der Waals surface area contributed by atoms with Crippen molar-refractivity contribution in [3.8, 4) is 5.75 Å². The molecule has 0 aromatic heterocycles. The van der Waals surface area contributed by atoms with Crippen molar-refractivity contribution in [3.05, 3.63) is 22.2 Å². The van der Waals surface area contributed by atoms with E-state index in [2.05, 4.69) is 0 Å². The van der Waals surface area contributed by atoms with E-state index in [4.69, 9.17) is 38.0 Å². The van der Waals surface area contributed by atoms with Crippen molar-refractivity contribution in [2.24, 2.45) is 0 Å². The highest BCUT2D eigenvalue weighted by Crippen LogP contribution is 2.25. The lowest BCUT2D eigenvalue weighted by molar-refractivity contribution is 0.340. The van der Waals surface area contributed by atoms with Gasteiger partial charge in [-0.15, -0.1) is 0 Å². The zero-order valence-electron chi connectivity index (χ0n) is 7.50. The van der Waals surface area contributed by atoms with Crippen LogP contribution in [0.2, 0.25) is 10.0 Å². The lowest BCUT2D eigenvalue weighted by atomic mass is 9.79. The van der Waals surface area contributed by atoms with E-state index in [1.54, 1.807) is 6.92 Å². The van der Waals surface area contributed by atoms with E-state index < -0.39 is 7.12 Å². The largest absolute Gasteiger partial charge is 0.494 e. The Morgan fingerprint density at radius 2 is 1.86 bits per heavy atom. The maximum atomic E-state index is 9.02. The summed E-state index contributed by atoms with van der Waals surface area (Å²) in [6.07, 6.45) is 0. The van der Waals surface area contributed by atoms with Crippen molar-refractivity contribution in [2.75, 3.05) is 6.61 Å². The molecule has 1 aromatic rings. The SMILES string of the molecule is CCOc1cc(Cl)c(Cl)cc1B(O)O. The third-order valence-corrected chi connectivity index (χ3v) is 2.35. The fourth-order valence-corrected chi connectivity index (χ4v) is 1.35. The molecule has 1 rings (SSSR count). The normalized spacial score (nSPS) is 10.1. The van der Waals surface area contributed by atoms with E-state index in [0.717, 1.165) is 0 Å². The molecule has 2 N–H and O–H groups in total. The van der Waals surface area contributed by atoms with Gasteiger partial charge in [0, 0.05) is 5.46 Å². The Morgan fingerprint density at radius 3 is 2.36 bits per heavy atom. The predicted octanol–water partition coefficient (Wildman–Crippen LogP) is 1.07. The molecule has 0 radical (unpaired) electrons. The molecule has 0 aliphatic heterocycles. The van der Waals surface area contributed by atoms with Crippen molar-refractivity contribution in [3.63, 3.8) is 0 Å². The predicted molar refractivity (Wildman–Crippen MR) is 57.5 cm³/mol. The van der Waals surface area contributed by atoms with Gasteiger partial charge in [-0.05, 0) is 19.1 Å². The van der Waals surface area contributed by atoms with E-state index in [-0.39, 0.29) is 10.5 Å². The fourth-order valence-electron chi connectivity index (χ4n) is 1.03. The molecule has 76 valence electrons. The second kappa shape index (κ2) is 4.89. The van der Waals surface area contributed by atoms with Gasteiger partial charge in [0.05, 0.1) is 16.7 Å². The van der Waals surface area contributed by atoms with Crippen molar-refractivity contribution < 1.29 is 14.8 Å². The molecule has 0 amide bonds. The van der Waals surface area contributed by atoms with Crippen LogP contribution in [0.15, 0.2) is 12.1 Å². The van der Waals surface area contributed by atoms with Crippen LogP contribution in [-0.2, 0) is 0 Å². The van der Waals surface area contributed by atoms with Gasteiger partial charge in [-0.2, -0.15) is 0 Å². The Morgan fingerprint density at radius 1 is 1.29 bits per heavy atom. The number of benzene rings is 1. The number of hydrogen-bond acceptors (Lipinski definition) is 3. The Kier molecular flexibility index (Phi) is 4.07. The Balaban J connectivity index is 3.17. The number of hydrogen-bond donors (Lipinski definition) is 2. The third kappa shape index (κ3) is 2.54. The summed E-state index contributed by atoms with van der Waals surface area (Å²) in [4.78, 5) is 0. The van der Waals surface area contributed by atoms with Gasteiger partial charge in [0.25, 0.3) is 0 Å². The highest BCUT2D eigenvalue weighted by Gasteiger charge is 2.19. The molecule has 0 fully saturated rings. The van der Waals surface area contributed by atoms with Crippen LogP contribution in [0.4, 0.5) is 0 Å². The van der Waals surface area contributed by atoms with Gasteiger partial charge in [-0.1, -0.05) is 23.2 Å². The molecule has 0 atom stereocenters. The van der Waals surface area contributed by atoms with E-state index in [1.165, 1.54) is 12.1 Å². The lowest BCUT2D eigenvalue weighted by Gasteiger charge is -2.10. The topological polar surface area (TPSA) is 49.7 Å². The maximum absolute atomic E-state index is 9.02. The molecule has 3 nitrogen and oxygen atoms in total. The molecule has 0 saturated carbocycles. The average Bonchev–Trinajstić information content (AvgIpc) is 2.11. The summed E-state index contributed by atoms with van der Waals surface area (Å²) in [5, 5.41) is 18.6. The standard InChI is InChI=1S/C8H9BCl2O3/c1-2-14-8-4-7(11)6(10)3-5(8)9(12)13/h3-4,12-13H,2H2,1H3. The third-order valence-electron chi connectivity index (χ3n) is 1.63. The quantitative estimate of drug-likeness (QED) is 0.770. The van der Waals surface area contributed by atoms with Gasteiger partial charge in [-0.25, -0.2) is 0 Å². The van der Waals surface area contributed by atoms with Crippen molar-refractivity contribution in [2.45, 2.75) is 6.92 Å². The van der Waals surface area contributed by atoms with Gasteiger partial charge in [0.15, 0.2) is 0 Å². The smallest absolute Gasteiger partial charge is 0.492 e. The minimum absolute atomic E-state index is 0.209. The van der Waals surface area contributed by atoms with Crippen LogP contribution in [-0.4, -0.2) is 23.8 Å². The highest BCUT2D eigenvalue weighted by atomic mass is 35.5. The van der Waals surface area contributed by atoms with Gasteiger partial charge in [-0.3, -0.25) is 0 Å². The minimum atomic E-state index is -1.62. The van der Waals surface area contributed by atoms with E-state index >= 15 is 0 Å². The van der Waals surface area contributed by atoms with Gasteiger partial charge >= 0.3 is 7.12 Å². The molecule has 14 heavy (non-hydrogen) atoms. The molecule has 0 aliphatic rings. The molecule has 0 bridgehead atoms. The maximum Gasteiger partial charge on any atom is 0.492 e. The van der Waals surface area contributed by atoms with Crippen molar-refractivity contribution >= 4 is 35.8 Å². The van der Waals surface area contributed by atoms with Gasteiger partial charge < -0.3 is 14.8 Å². The Hall–Kier alpha value is -0.415. The molecule has 0 saturated heterocycles. The first kappa shape index (κ1) is 11.7. The molecule has 0 unspecified atom stereocenters. The number of rotatable bonds is 3. The molecule has 0 aliphatic carbocycles. The van der Waals surface area contributed by atoms with Crippen LogP contribution in [0.3, 0.4) is 0 Å². The van der Waals surface area contributed by atoms with Crippen LogP contribution >= 0.6 is 23.2 Å². The molecule has 6 heteroatoms. The van der Waals surface area contributed by atoms with Crippen LogP contribution < -0.4 is 10.2 Å². The van der Waals surface area contributed by atoms with Gasteiger partial charge in [0.2, 0.25) is 0 Å². The molecular formula is C8H9BCl2O3. The summed E-state index contributed by atoms with van der Waals surface area (Å²) in [6.45, 7) is 2.20. The molecule has 0 spiro atoms. The number of halogens is 2. The van der Waals surface area contributed by atoms with Crippen molar-refractivity contribution in [1.29, 1.82) is 0 Å². The summed E-state index contributed by atoms with van der Waals surface area (Å²) in [5.41, 5.74) is 0.209. The lowest BCUT2D eigenvalue weighted by Crippen LogP contribution is -2.31. The second-order valence-corrected chi connectivity index (χ2v) is 3.43. The van der Waals surface area contributed by atoms with Crippen molar-refractivity contribution in [1.82, 2.24) is 0 Å². The first-order chi connectivity index (χ1) is 6.56. The first-order valence-electron chi connectivity index (χ1n) is 4.04. The number of ether oxygens (including phenoxy) is 1. The minimum Gasteiger partial charge on any atom is -0.494 e. The second-order valence-electron chi connectivity index (χ2n) is 2.61. The summed E-state index contributed by atoms with van der Waals surface area (Å²) < 4.78 is 5.17. The fraction of sp³-hybridized carbons (Fsp3) is 0.250. The summed E-state index contributed by atoms with van der Waals surface area (Å²) in [6, 6.07) is 2.84. The molecule has 0 heterocycles. The van der Waals surface area contributed by atoms with Crippen LogP contribution in [0.5, 0.6) is 5.75 Å². The monoisotopic (exact) mass is 234 g/mol. The van der Waals surface area contributed by atoms with Crippen LogP contribution in [0.1, 0.15) is 6.92 Å².